The lowest BCUT2D eigenvalue weighted by Crippen LogP contribution is -2.13. The van der Waals surface area contributed by atoms with E-state index in [9.17, 15) is 4.79 Å². The highest BCUT2D eigenvalue weighted by Crippen LogP contribution is 2.10. The molecule has 0 aliphatic rings. The average molecular weight is 271 g/mol. The molecule has 1 amide bonds. The maximum atomic E-state index is 11.9. The van der Waals surface area contributed by atoms with Crippen LogP contribution in [0.4, 0.5) is 5.82 Å². The number of amides is 1. The maximum Gasteiger partial charge on any atom is 0.294 e. The lowest BCUT2D eigenvalue weighted by Gasteiger charge is -2.02. The zero-order valence-electron chi connectivity index (χ0n) is 10.9. The first-order valence-electron chi connectivity index (χ1n) is 5.98. The lowest BCUT2D eigenvalue weighted by molar-refractivity contribution is 0.0995. The van der Waals surface area contributed by atoms with Gasteiger partial charge in [-0.25, -0.2) is 9.97 Å². The Balaban J connectivity index is 2.11. The summed E-state index contributed by atoms with van der Waals surface area (Å²) in [5.41, 5.74) is 1.22. The number of aryl methyl sites for hydroxylation is 1. The second-order valence-electron chi connectivity index (χ2n) is 3.93. The van der Waals surface area contributed by atoms with E-state index < -0.39 is 5.91 Å². The third-order valence-corrected chi connectivity index (χ3v) is 2.42. The third kappa shape index (κ3) is 3.43. The van der Waals surface area contributed by atoms with Crippen LogP contribution in [0.15, 0.2) is 29.1 Å². The number of hydrogen-bond acceptors (Lipinski definition) is 5. The molecule has 6 heteroatoms. The van der Waals surface area contributed by atoms with Gasteiger partial charge in [0.1, 0.15) is 5.82 Å². The minimum Gasteiger partial charge on any atom is -0.438 e. The second kappa shape index (κ2) is 6.50. The largest absolute Gasteiger partial charge is 0.438 e. The number of aromatic nitrogens is 2. The van der Waals surface area contributed by atoms with Crippen molar-refractivity contribution in [2.75, 3.05) is 11.9 Å². The fraction of sp³-hybridized carbons (Fsp3) is 0.214. The van der Waals surface area contributed by atoms with Crippen molar-refractivity contribution >= 4 is 11.7 Å². The number of aliphatic hydroxyl groups is 1. The van der Waals surface area contributed by atoms with Crippen molar-refractivity contribution < 1.29 is 14.3 Å². The highest BCUT2D eigenvalue weighted by atomic mass is 16.3. The summed E-state index contributed by atoms with van der Waals surface area (Å²) < 4.78 is 5.00. The van der Waals surface area contributed by atoms with Crippen molar-refractivity contribution in [2.24, 2.45) is 0 Å². The zero-order valence-corrected chi connectivity index (χ0v) is 10.9. The first-order valence-corrected chi connectivity index (χ1v) is 5.98. The molecule has 0 fully saturated rings. The van der Waals surface area contributed by atoms with Crippen LogP contribution in [0.3, 0.4) is 0 Å². The smallest absolute Gasteiger partial charge is 0.294 e. The van der Waals surface area contributed by atoms with Crippen LogP contribution in [0.5, 0.6) is 0 Å². The van der Waals surface area contributed by atoms with Crippen LogP contribution in [0, 0.1) is 18.8 Å². The highest BCUT2D eigenvalue weighted by molar-refractivity contribution is 6.02. The van der Waals surface area contributed by atoms with E-state index in [1.165, 1.54) is 6.39 Å². The molecule has 2 N–H and O–H groups in total. The number of aliphatic hydroxyl groups excluding tert-OH is 1. The molecule has 102 valence electrons. The molecule has 0 radical (unpaired) electrons. The van der Waals surface area contributed by atoms with E-state index in [0.717, 1.165) is 0 Å². The van der Waals surface area contributed by atoms with E-state index in [1.54, 1.807) is 25.3 Å². The van der Waals surface area contributed by atoms with E-state index in [2.05, 4.69) is 27.1 Å². The molecule has 0 saturated heterocycles. The van der Waals surface area contributed by atoms with E-state index in [-0.39, 0.29) is 12.4 Å². The van der Waals surface area contributed by atoms with Gasteiger partial charge in [0.2, 0.25) is 5.76 Å². The molecule has 0 spiro atoms. The minimum absolute atomic E-state index is 0.0203. The molecular weight excluding hydrogens is 258 g/mol. The number of nitrogens with zero attached hydrogens (tertiary/aromatic N) is 2. The zero-order chi connectivity index (χ0) is 14.4. The monoisotopic (exact) mass is 271 g/mol. The van der Waals surface area contributed by atoms with Gasteiger partial charge in [0, 0.05) is 18.2 Å². The van der Waals surface area contributed by atoms with Gasteiger partial charge in [0.05, 0.1) is 12.3 Å². The van der Waals surface area contributed by atoms with Crippen molar-refractivity contribution in [1.29, 1.82) is 0 Å². The molecule has 0 aromatic carbocycles. The lowest BCUT2D eigenvalue weighted by atomic mass is 10.2. The number of carbonyl (C=O) groups excluding carboxylic acids is 1. The fourth-order valence-electron chi connectivity index (χ4n) is 1.49. The van der Waals surface area contributed by atoms with Crippen LogP contribution in [-0.4, -0.2) is 27.6 Å². The molecule has 0 aliphatic carbocycles. The molecule has 2 rings (SSSR count). The molecule has 0 bridgehead atoms. The number of rotatable bonds is 3. The number of oxazole rings is 1. The molecule has 0 atom stereocenters. The summed E-state index contributed by atoms with van der Waals surface area (Å²) in [5.74, 6) is 5.79. The number of carbonyl (C=O) groups is 1. The quantitative estimate of drug-likeness (QED) is 0.823. The highest BCUT2D eigenvalue weighted by Gasteiger charge is 2.14. The van der Waals surface area contributed by atoms with Gasteiger partial charge in [0.15, 0.2) is 6.39 Å². The van der Waals surface area contributed by atoms with E-state index >= 15 is 0 Å². The summed E-state index contributed by atoms with van der Waals surface area (Å²) in [7, 11) is 0. The Labute approximate surface area is 115 Å². The van der Waals surface area contributed by atoms with Gasteiger partial charge in [-0.1, -0.05) is 11.8 Å². The summed E-state index contributed by atoms with van der Waals surface area (Å²) in [6, 6.07) is 3.37. The van der Waals surface area contributed by atoms with Gasteiger partial charge in [-0.05, 0) is 19.1 Å². The second-order valence-corrected chi connectivity index (χ2v) is 3.93. The first-order chi connectivity index (χ1) is 9.70. The van der Waals surface area contributed by atoms with Crippen molar-refractivity contribution in [1.82, 2.24) is 9.97 Å². The molecule has 2 aromatic heterocycles. The van der Waals surface area contributed by atoms with E-state index in [0.29, 0.717) is 23.5 Å². The van der Waals surface area contributed by atoms with Gasteiger partial charge >= 0.3 is 0 Å². The summed E-state index contributed by atoms with van der Waals surface area (Å²) in [5, 5.41) is 11.3. The standard InChI is InChI=1S/C14H13N3O3/c1-10-13(20-9-16-10)14(19)17-12-8-11(5-6-15-12)4-2-3-7-18/h5-6,8-9,18H,3,7H2,1H3,(H,15,17,19). The normalized spacial score (nSPS) is 9.70. The van der Waals surface area contributed by atoms with Gasteiger partial charge in [-0.3, -0.25) is 4.79 Å². The summed E-state index contributed by atoms with van der Waals surface area (Å²) in [6.45, 7) is 1.70. The molecule has 6 nitrogen and oxygen atoms in total. The van der Waals surface area contributed by atoms with Gasteiger partial charge in [-0.2, -0.15) is 0 Å². The molecule has 0 aliphatic heterocycles. The number of pyridine rings is 1. The molecule has 2 heterocycles. The number of nitrogens with one attached hydrogen (secondary N) is 1. The van der Waals surface area contributed by atoms with Crippen LogP contribution in [0.25, 0.3) is 0 Å². The summed E-state index contributed by atoms with van der Waals surface area (Å²) >= 11 is 0. The topological polar surface area (TPSA) is 88.2 Å². The Morgan fingerprint density at radius 2 is 2.35 bits per heavy atom. The van der Waals surface area contributed by atoms with Gasteiger partial charge < -0.3 is 14.8 Å². The van der Waals surface area contributed by atoms with Crippen molar-refractivity contribution in [3.05, 3.63) is 41.7 Å². The van der Waals surface area contributed by atoms with Crippen LogP contribution in [-0.2, 0) is 0 Å². The Bertz CT molecular complexity index is 668. The van der Waals surface area contributed by atoms with Gasteiger partial charge in [-0.15, -0.1) is 0 Å². The Morgan fingerprint density at radius 1 is 1.50 bits per heavy atom. The maximum absolute atomic E-state index is 11.9. The molecule has 0 unspecified atom stereocenters. The molecule has 0 saturated carbocycles. The van der Waals surface area contributed by atoms with Crippen molar-refractivity contribution in [3.63, 3.8) is 0 Å². The third-order valence-electron chi connectivity index (χ3n) is 2.42. The predicted molar refractivity (Wildman–Crippen MR) is 72.0 cm³/mol. The van der Waals surface area contributed by atoms with Crippen LogP contribution in [0.2, 0.25) is 0 Å². The van der Waals surface area contributed by atoms with Crippen molar-refractivity contribution in [2.45, 2.75) is 13.3 Å². The fourth-order valence-corrected chi connectivity index (χ4v) is 1.49. The predicted octanol–water partition coefficient (Wildman–Crippen LogP) is 1.36. The number of hydrogen-bond donors (Lipinski definition) is 2. The molecular formula is C14H13N3O3. The average Bonchev–Trinajstić information content (AvgIpc) is 2.86. The number of anilines is 1. The Kier molecular flexibility index (Phi) is 4.47. The van der Waals surface area contributed by atoms with E-state index in [1.807, 2.05) is 0 Å². The van der Waals surface area contributed by atoms with E-state index in [4.69, 9.17) is 9.52 Å². The van der Waals surface area contributed by atoms with Crippen molar-refractivity contribution in [3.8, 4) is 11.8 Å². The Morgan fingerprint density at radius 3 is 3.05 bits per heavy atom. The minimum atomic E-state index is -0.409. The summed E-state index contributed by atoms with van der Waals surface area (Å²) in [6.07, 6.45) is 3.17. The Hall–Kier alpha value is -2.65. The van der Waals surface area contributed by atoms with Gasteiger partial charge in [0.25, 0.3) is 5.91 Å². The van der Waals surface area contributed by atoms with Crippen LogP contribution in [0.1, 0.15) is 28.2 Å². The molecule has 2 aromatic rings. The van der Waals surface area contributed by atoms with Crippen LogP contribution >= 0.6 is 0 Å². The first kappa shape index (κ1) is 13.8. The SMILES string of the molecule is Cc1ncoc1C(=O)Nc1cc(C#CCCO)ccn1. The molecule has 20 heavy (non-hydrogen) atoms. The van der Waals surface area contributed by atoms with Crippen LogP contribution < -0.4 is 5.32 Å². The summed E-state index contributed by atoms with van der Waals surface area (Å²) in [4.78, 5) is 19.8.